The Morgan fingerprint density at radius 3 is 2.77 bits per heavy atom. The van der Waals surface area contributed by atoms with Crippen molar-refractivity contribution < 1.29 is 19.1 Å². The van der Waals surface area contributed by atoms with Crippen molar-refractivity contribution in [3.05, 3.63) is 35.1 Å². The van der Waals surface area contributed by atoms with E-state index in [4.69, 9.17) is 5.11 Å². The van der Waals surface area contributed by atoms with Crippen LogP contribution in [0.25, 0.3) is 0 Å². The molecule has 118 valence electrons. The average molecular weight is 306 g/mol. The van der Waals surface area contributed by atoms with Crippen molar-refractivity contribution in [2.75, 3.05) is 0 Å². The number of hydrogen-bond acceptors (Lipinski definition) is 3. The van der Waals surface area contributed by atoms with Crippen LogP contribution in [0.5, 0.6) is 0 Å². The smallest absolute Gasteiger partial charge is 0.251 e. The fraction of sp³-hybridized carbons (Fsp3) is 0.500. The van der Waals surface area contributed by atoms with Crippen molar-refractivity contribution in [3.63, 3.8) is 0 Å². The predicted molar refractivity (Wildman–Crippen MR) is 77.5 cm³/mol. The molecule has 5 nitrogen and oxygen atoms in total. The molecule has 1 heterocycles. The molecule has 2 fully saturated rings. The second-order valence-corrected chi connectivity index (χ2v) is 6.01. The van der Waals surface area contributed by atoms with Crippen LogP contribution < -0.4 is 10.6 Å². The van der Waals surface area contributed by atoms with Gasteiger partial charge in [-0.05, 0) is 37.3 Å². The molecular weight excluding hydrogens is 287 g/mol. The maximum Gasteiger partial charge on any atom is 0.251 e. The summed E-state index contributed by atoms with van der Waals surface area (Å²) in [4.78, 5) is 23.8. The summed E-state index contributed by atoms with van der Waals surface area (Å²) in [6.45, 7) is -0.397. The first-order chi connectivity index (χ1) is 10.6. The Morgan fingerprint density at radius 1 is 1.36 bits per heavy atom. The third-order valence-corrected chi connectivity index (χ3v) is 4.38. The third kappa shape index (κ3) is 3.11. The number of amides is 2. The van der Waals surface area contributed by atoms with Gasteiger partial charge in [0.05, 0.1) is 18.7 Å². The highest BCUT2D eigenvalue weighted by molar-refractivity contribution is 5.94. The summed E-state index contributed by atoms with van der Waals surface area (Å²) in [6, 6.07) is 3.90. The van der Waals surface area contributed by atoms with E-state index in [9.17, 15) is 14.0 Å². The van der Waals surface area contributed by atoms with Crippen LogP contribution in [-0.2, 0) is 11.4 Å². The van der Waals surface area contributed by atoms with Gasteiger partial charge in [-0.15, -0.1) is 0 Å². The first-order valence-electron chi connectivity index (χ1n) is 7.58. The molecule has 0 radical (unpaired) electrons. The summed E-state index contributed by atoms with van der Waals surface area (Å²) in [5, 5.41) is 14.8. The van der Waals surface area contributed by atoms with Crippen molar-refractivity contribution in [2.45, 2.75) is 44.4 Å². The normalized spacial score (nSPS) is 24.7. The molecule has 0 unspecified atom stereocenters. The molecule has 1 aromatic rings. The standard InChI is InChI=1S/C16H19FN2O3/c17-12-7-10(3-4-11(12)8-20)16(22)18-13-5-6-14(21)19-15(13)9-1-2-9/h3-4,7,9,13,15,20H,1-2,5-6,8H2,(H,18,22)(H,19,21)/t13-,15+/m1/s1. The van der Waals surface area contributed by atoms with Gasteiger partial charge in [-0.2, -0.15) is 0 Å². The van der Waals surface area contributed by atoms with Crippen LogP contribution in [0.2, 0.25) is 0 Å². The highest BCUT2D eigenvalue weighted by Gasteiger charge is 2.40. The van der Waals surface area contributed by atoms with Gasteiger partial charge in [0.15, 0.2) is 0 Å². The minimum Gasteiger partial charge on any atom is -0.392 e. The molecule has 22 heavy (non-hydrogen) atoms. The van der Waals surface area contributed by atoms with Crippen molar-refractivity contribution in [3.8, 4) is 0 Å². The molecule has 1 saturated carbocycles. The largest absolute Gasteiger partial charge is 0.392 e. The molecule has 3 N–H and O–H groups in total. The van der Waals surface area contributed by atoms with E-state index in [1.54, 1.807) is 0 Å². The Morgan fingerprint density at radius 2 is 2.14 bits per heavy atom. The van der Waals surface area contributed by atoms with Crippen molar-refractivity contribution in [1.82, 2.24) is 10.6 Å². The van der Waals surface area contributed by atoms with E-state index in [1.807, 2.05) is 0 Å². The molecule has 2 atom stereocenters. The summed E-state index contributed by atoms with van der Waals surface area (Å²) in [6.07, 6.45) is 3.14. The van der Waals surface area contributed by atoms with E-state index < -0.39 is 12.4 Å². The summed E-state index contributed by atoms with van der Waals surface area (Å²) >= 11 is 0. The molecule has 1 aliphatic heterocycles. The lowest BCUT2D eigenvalue weighted by molar-refractivity contribution is -0.124. The number of halogens is 1. The molecule has 1 aromatic carbocycles. The molecular formula is C16H19FN2O3. The minimum atomic E-state index is -0.592. The van der Waals surface area contributed by atoms with Crippen molar-refractivity contribution in [2.24, 2.45) is 5.92 Å². The Labute approximate surface area is 127 Å². The molecule has 2 aliphatic rings. The highest BCUT2D eigenvalue weighted by atomic mass is 19.1. The number of rotatable bonds is 4. The Bertz CT molecular complexity index is 601. The number of benzene rings is 1. The first-order valence-corrected chi connectivity index (χ1v) is 7.58. The average Bonchev–Trinajstić information content (AvgIpc) is 3.33. The number of aliphatic hydroxyl groups is 1. The van der Waals surface area contributed by atoms with E-state index in [0.717, 1.165) is 18.9 Å². The van der Waals surface area contributed by atoms with Gasteiger partial charge in [0.1, 0.15) is 5.82 Å². The summed E-state index contributed by atoms with van der Waals surface area (Å²) < 4.78 is 13.7. The topological polar surface area (TPSA) is 78.4 Å². The summed E-state index contributed by atoms with van der Waals surface area (Å²) in [7, 11) is 0. The fourth-order valence-electron chi connectivity index (χ4n) is 2.96. The van der Waals surface area contributed by atoms with Crippen LogP contribution in [0.3, 0.4) is 0 Å². The Hall–Kier alpha value is -1.95. The lowest BCUT2D eigenvalue weighted by atomic mass is 9.94. The van der Waals surface area contributed by atoms with Crippen LogP contribution in [-0.4, -0.2) is 29.0 Å². The van der Waals surface area contributed by atoms with Crippen LogP contribution in [0.15, 0.2) is 18.2 Å². The number of nitrogens with one attached hydrogen (secondary N) is 2. The monoisotopic (exact) mass is 306 g/mol. The number of piperidine rings is 1. The zero-order chi connectivity index (χ0) is 15.7. The molecule has 2 amide bonds. The maximum absolute atomic E-state index is 13.7. The van der Waals surface area contributed by atoms with Gasteiger partial charge in [-0.1, -0.05) is 6.07 Å². The van der Waals surface area contributed by atoms with E-state index in [1.165, 1.54) is 12.1 Å². The van der Waals surface area contributed by atoms with Crippen LogP contribution >= 0.6 is 0 Å². The molecule has 3 rings (SSSR count). The van der Waals surface area contributed by atoms with Crippen molar-refractivity contribution in [1.29, 1.82) is 0 Å². The van der Waals surface area contributed by atoms with Gasteiger partial charge in [0.2, 0.25) is 5.91 Å². The third-order valence-electron chi connectivity index (χ3n) is 4.38. The number of carbonyl (C=O) groups excluding carboxylic acids is 2. The van der Waals surface area contributed by atoms with Gasteiger partial charge in [0, 0.05) is 17.5 Å². The van der Waals surface area contributed by atoms with Gasteiger partial charge in [-0.25, -0.2) is 4.39 Å². The van der Waals surface area contributed by atoms with Gasteiger partial charge in [-0.3, -0.25) is 9.59 Å². The van der Waals surface area contributed by atoms with Crippen molar-refractivity contribution >= 4 is 11.8 Å². The molecule has 1 aliphatic carbocycles. The Balaban J connectivity index is 1.70. The lowest BCUT2D eigenvalue weighted by Crippen LogP contribution is -2.56. The summed E-state index contributed by atoms with van der Waals surface area (Å²) in [5.74, 6) is -0.482. The SMILES string of the molecule is O=C1CC[C@@H](NC(=O)c2ccc(CO)c(F)c2)[C@H](C2CC2)N1. The second-order valence-electron chi connectivity index (χ2n) is 6.01. The van der Waals surface area contributed by atoms with E-state index in [0.29, 0.717) is 18.8 Å². The second kappa shape index (κ2) is 6.04. The van der Waals surface area contributed by atoms with Gasteiger partial charge < -0.3 is 15.7 Å². The molecule has 0 spiro atoms. The van der Waals surface area contributed by atoms with E-state index in [-0.39, 0.29) is 35.0 Å². The molecule has 0 aromatic heterocycles. The highest BCUT2D eigenvalue weighted by Crippen LogP contribution is 2.36. The lowest BCUT2D eigenvalue weighted by Gasteiger charge is -2.33. The zero-order valence-corrected chi connectivity index (χ0v) is 12.1. The minimum absolute atomic E-state index is 0.0215. The number of carbonyl (C=O) groups is 2. The van der Waals surface area contributed by atoms with Gasteiger partial charge in [0.25, 0.3) is 5.91 Å². The fourth-order valence-corrected chi connectivity index (χ4v) is 2.96. The van der Waals surface area contributed by atoms with E-state index in [2.05, 4.69) is 10.6 Å². The molecule has 6 heteroatoms. The van der Waals surface area contributed by atoms with Gasteiger partial charge >= 0.3 is 0 Å². The number of hydrogen-bond donors (Lipinski definition) is 3. The zero-order valence-electron chi connectivity index (χ0n) is 12.1. The van der Waals surface area contributed by atoms with Crippen LogP contribution in [0.4, 0.5) is 4.39 Å². The Kier molecular flexibility index (Phi) is 4.11. The first kappa shape index (κ1) is 15.0. The quantitative estimate of drug-likeness (QED) is 0.779. The molecule has 0 bridgehead atoms. The van der Waals surface area contributed by atoms with Crippen LogP contribution in [0, 0.1) is 11.7 Å². The maximum atomic E-state index is 13.7. The van der Waals surface area contributed by atoms with Crippen LogP contribution in [0.1, 0.15) is 41.6 Å². The number of aliphatic hydroxyl groups excluding tert-OH is 1. The molecule has 1 saturated heterocycles. The van der Waals surface area contributed by atoms with E-state index >= 15 is 0 Å². The predicted octanol–water partition coefficient (Wildman–Crippen LogP) is 1.11. The summed E-state index contributed by atoms with van der Waals surface area (Å²) in [5.41, 5.74) is 0.387.